The molecule has 0 bridgehead atoms. The highest BCUT2D eigenvalue weighted by Crippen LogP contribution is 2.32. The number of carbonyl (C=O) groups excluding carboxylic acids is 3. The van der Waals surface area contributed by atoms with E-state index < -0.39 is 23.8 Å². The number of Topliss-reactive ketones (excluding diaryl/α,β-unsaturated/α-hetero) is 1. The number of ketones is 1. The van der Waals surface area contributed by atoms with Crippen LogP contribution < -0.4 is 0 Å². The molecule has 3 aromatic rings. The second kappa shape index (κ2) is 11.6. The fourth-order valence-electron chi connectivity index (χ4n) is 3.55. The monoisotopic (exact) mass is 430 g/mol. The molecule has 3 rings (SSSR count). The van der Waals surface area contributed by atoms with Crippen molar-refractivity contribution in [3.63, 3.8) is 0 Å². The van der Waals surface area contributed by atoms with Gasteiger partial charge in [-0.3, -0.25) is 14.4 Å². The van der Waals surface area contributed by atoms with E-state index in [1.807, 2.05) is 54.6 Å². The summed E-state index contributed by atoms with van der Waals surface area (Å²) < 4.78 is 10.7. The summed E-state index contributed by atoms with van der Waals surface area (Å²) in [5.41, 5.74) is 2.03. The fourth-order valence-corrected chi connectivity index (χ4v) is 3.55. The first-order valence-electron chi connectivity index (χ1n) is 10.6. The lowest BCUT2D eigenvalue weighted by Crippen LogP contribution is -2.34. The van der Waals surface area contributed by atoms with Gasteiger partial charge in [0.15, 0.2) is 11.7 Å². The Kier molecular flexibility index (Phi) is 8.32. The van der Waals surface area contributed by atoms with Crippen LogP contribution in [0.1, 0.15) is 40.7 Å². The Morgan fingerprint density at radius 3 is 1.84 bits per heavy atom. The quantitative estimate of drug-likeness (QED) is 0.258. The van der Waals surface area contributed by atoms with Gasteiger partial charge in [0.05, 0.1) is 6.61 Å². The maximum absolute atomic E-state index is 13.1. The molecule has 0 aliphatic carbocycles. The van der Waals surface area contributed by atoms with Gasteiger partial charge in [0.25, 0.3) is 0 Å². The van der Waals surface area contributed by atoms with Crippen molar-refractivity contribution in [3.8, 4) is 0 Å². The molecule has 2 unspecified atom stereocenters. The normalized spacial score (nSPS) is 12.4. The molecule has 0 heterocycles. The lowest BCUT2D eigenvalue weighted by atomic mass is 9.81. The first-order chi connectivity index (χ1) is 15.6. The summed E-state index contributed by atoms with van der Waals surface area (Å²) in [6.45, 7) is 1.83. The van der Waals surface area contributed by atoms with Crippen molar-refractivity contribution in [3.05, 3.63) is 108 Å². The third-order valence-corrected chi connectivity index (χ3v) is 5.15. The van der Waals surface area contributed by atoms with E-state index in [1.165, 1.54) is 0 Å². The van der Waals surface area contributed by atoms with Crippen LogP contribution in [0.15, 0.2) is 91.0 Å². The van der Waals surface area contributed by atoms with Gasteiger partial charge in [0, 0.05) is 17.9 Å². The Labute approximate surface area is 188 Å². The van der Waals surface area contributed by atoms with Crippen LogP contribution in [0.2, 0.25) is 0 Å². The van der Waals surface area contributed by atoms with Gasteiger partial charge in [-0.15, -0.1) is 0 Å². The van der Waals surface area contributed by atoms with E-state index in [2.05, 4.69) is 0 Å². The highest BCUT2D eigenvalue weighted by Gasteiger charge is 2.39. The minimum atomic E-state index is -1.26. The van der Waals surface area contributed by atoms with E-state index in [-0.39, 0.29) is 25.4 Å². The van der Waals surface area contributed by atoms with Crippen molar-refractivity contribution in [2.24, 2.45) is 5.92 Å². The average Bonchev–Trinajstić information content (AvgIpc) is 2.84. The second-order valence-electron chi connectivity index (χ2n) is 7.33. The van der Waals surface area contributed by atoms with Crippen LogP contribution in [0.4, 0.5) is 0 Å². The average molecular weight is 431 g/mol. The molecular formula is C27H26O5. The molecule has 0 aromatic heterocycles. The zero-order valence-electron chi connectivity index (χ0n) is 18.0. The zero-order chi connectivity index (χ0) is 22.8. The number of rotatable bonds is 10. The van der Waals surface area contributed by atoms with Crippen molar-refractivity contribution < 1.29 is 23.9 Å². The molecular weight excluding hydrogens is 404 g/mol. The van der Waals surface area contributed by atoms with Crippen LogP contribution in [0.3, 0.4) is 0 Å². The van der Waals surface area contributed by atoms with E-state index in [1.54, 1.807) is 43.3 Å². The van der Waals surface area contributed by atoms with E-state index in [0.29, 0.717) is 11.1 Å². The molecule has 5 heteroatoms. The minimum absolute atomic E-state index is 0.0298. The van der Waals surface area contributed by atoms with Crippen molar-refractivity contribution in [2.75, 3.05) is 6.61 Å². The van der Waals surface area contributed by atoms with Gasteiger partial charge in [-0.05, 0) is 18.1 Å². The van der Waals surface area contributed by atoms with Crippen molar-refractivity contribution in [1.29, 1.82) is 0 Å². The maximum atomic E-state index is 13.1. The molecule has 5 nitrogen and oxygen atoms in total. The number of hydrogen-bond acceptors (Lipinski definition) is 5. The lowest BCUT2D eigenvalue weighted by molar-refractivity contribution is -0.163. The molecule has 0 aliphatic rings. The topological polar surface area (TPSA) is 69.7 Å². The van der Waals surface area contributed by atoms with Gasteiger partial charge in [0.1, 0.15) is 6.61 Å². The largest absolute Gasteiger partial charge is 0.465 e. The molecule has 164 valence electrons. The Hall–Kier alpha value is -3.73. The summed E-state index contributed by atoms with van der Waals surface area (Å²) in [5, 5.41) is 0. The van der Waals surface area contributed by atoms with Gasteiger partial charge < -0.3 is 9.47 Å². The first-order valence-corrected chi connectivity index (χ1v) is 10.6. The van der Waals surface area contributed by atoms with Crippen LogP contribution in [-0.4, -0.2) is 24.3 Å². The summed E-state index contributed by atoms with van der Waals surface area (Å²) in [6, 6.07) is 27.1. The van der Waals surface area contributed by atoms with Crippen LogP contribution in [0.5, 0.6) is 0 Å². The highest BCUT2D eigenvalue weighted by atomic mass is 16.6. The Morgan fingerprint density at radius 1 is 0.719 bits per heavy atom. The SMILES string of the molecule is CCOC(=O)C(C(=O)OCc1ccccc1)C(CC(=O)c1ccccc1)c1ccccc1. The van der Waals surface area contributed by atoms with Crippen molar-refractivity contribution in [2.45, 2.75) is 25.9 Å². The number of benzene rings is 3. The van der Waals surface area contributed by atoms with Crippen LogP contribution in [0, 0.1) is 5.92 Å². The van der Waals surface area contributed by atoms with E-state index >= 15 is 0 Å². The number of esters is 2. The van der Waals surface area contributed by atoms with E-state index in [9.17, 15) is 14.4 Å². The number of hydrogen-bond donors (Lipinski definition) is 0. The molecule has 0 radical (unpaired) electrons. The maximum Gasteiger partial charge on any atom is 0.321 e. The second-order valence-corrected chi connectivity index (χ2v) is 7.33. The molecule has 0 fully saturated rings. The van der Waals surface area contributed by atoms with Gasteiger partial charge in [-0.25, -0.2) is 0 Å². The van der Waals surface area contributed by atoms with Crippen molar-refractivity contribution in [1.82, 2.24) is 0 Å². The predicted molar refractivity (Wildman–Crippen MR) is 121 cm³/mol. The highest BCUT2D eigenvalue weighted by molar-refractivity contribution is 6.00. The summed E-state index contributed by atoms with van der Waals surface area (Å²) in [6.07, 6.45) is -0.0298. The molecule has 3 aromatic carbocycles. The fraction of sp³-hybridized carbons (Fsp3) is 0.222. The Bertz CT molecular complexity index is 1020. The lowest BCUT2D eigenvalue weighted by Gasteiger charge is -2.24. The molecule has 0 aliphatic heterocycles. The standard InChI is InChI=1S/C27H26O5/c1-2-31-26(29)25(27(30)32-19-20-12-6-3-7-13-20)23(21-14-8-4-9-15-21)18-24(28)22-16-10-5-11-17-22/h3-17,23,25H,2,18-19H2,1H3. The molecule has 0 amide bonds. The molecule has 0 spiro atoms. The Morgan fingerprint density at radius 2 is 1.25 bits per heavy atom. The summed E-state index contributed by atoms with van der Waals surface area (Å²) in [7, 11) is 0. The van der Waals surface area contributed by atoms with Gasteiger partial charge in [-0.1, -0.05) is 91.0 Å². The number of carbonyl (C=O) groups is 3. The van der Waals surface area contributed by atoms with Gasteiger partial charge in [0.2, 0.25) is 0 Å². The molecule has 0 saturated heterocycles. The smallest absolute Gasteiger partial charge is 0.321 e. The molecule has 2 atom stereocenters. The zero-order valence-corrected chi connectivity index (χ0v) is 18.0. The summed E-state index contributed by atoms with van der Waals surface area (Å²) >= 11 is 0. The van der Waals surface area contributed by atoms with E-state index in [0.717, 1.165) is 5.56 Å². The predicted octanol–water partition coefficient (Wildman–Crippen LogP) is 4.97. The van der Waals surface area contributed by atoms with Crippen LogP contribution >= 0.6 is 0 Å². The molecule has 0 N–H and O–H groups in total. The van der Waals surface area contributed by atoms with Crippen LogP contribution in [0.25, 0.3) is 0 Å². The summed E-state index contributed by atoms with van der Waals surface area (Å²) in [5.74, 6) is -3.54. The summed E-state index contributed by atoms with van der Waals surface area (Å²) in [4.78, 5) is 39.0. The Balaban J connectivity index is 1.90. The molecule has 32 heavy (non-hydrogen) atoms. The third-order valence-electron chi connectivity index (χ3n) is 5.15. The molecule has 0 saturated carbocycles. The van der Waals surface area contributed by atoms with Crippen molar-refractivity contribution >= 4 is 17.7 Å². The van der Waals surface area contributed by atoms with E-state index in [4.69, 9.17) is 9.47 Å². The minimum Gasteiger partial charge on any atom is -0.465 e. The first kappa shape index (κ1) is 22.9. The van der Waals surface area contributed by atoms with Gasteiger partial charge >= 0.3 is 11.9 Å². The van der Waals surface area contributed by atoms with Crippen LogP contribution in [-0.2, 0) is 25.7 Å². The van der Waals surface area contributed by atoms with Gasteiger partial charge in [-0.2, -0.15) is 0 Å². The number of ether oxygens (including phenoxy) is 2. The third kappa shape index (κ3) is 6.14.